The Balaban J connectivity index is 1.71. The average Bonchev–Trinajstić information content (AvgIpc) is 2.24. The molecule has 2 rings (SSSR count). The van der Waals surface area contributed by atoms with Crippen molar-refractivity contribution in [3.63, 3.8) is 0 Å². The van der Waals surface area contributed by atoms with Crippen molar-refractivity contribution in [3.05, 3.63) is 0 Å². The van der Waals surface area contributed by atoms with Gasteiger partial charge in [0.15, 0.2) is 5.79 Å². The van der Waals surface area contributed by atoms with Crippen LogP contribution in [0, 0.1) is 5.92 Å². The molecule has 3 heteroatoms. The summed E-state index contributed by atoms with van der Waals surface area (Å²) in [6.07, 6.45) is 5.33. The summed E-state index contributed by atoms with van der Waals surface area (Å²) in [6.45, 7) is 7.86. The van der Waals surface area contributed by atoms with Crippen LogP contribution in [0.25, 0.3) is 0 Å². The number of nitrogens with one attached hydrogen (secondary N) is 1. The second-order valence-corrected chi connectivity index (χ2v) is 5.84. The Bertz CT molecular complexity index is 212. The highest BCUT2D eigenvalue weighted by Gasteiger charge is 2.30. The van der Waals surface area contributed by atoms with E-state index in [1.807, 2.05) is 13.8 Å². The molecular weight excluding hydrogens is 202 g/mol. The van der Waals surface area contributed by atoms with Crippen LogP contribution in [-0.4, -0.2) is 31.1 Å². The molecule has 3 nitrogen and oxygen atoms in total. The normalized spacial score (nSPS) is 36.2. The zero-order valence-electron chi connectivity index (χ0n) is 10.8. The molecule has 1 saturated heterocycles. The van der Waals surface area contributed by atoms with E-state index in [1.54, 1.807) is 0 Å². The maximum Gasteiger partial charge on any atom is 0.162 e. The summed E-state index contributed by atoms with van der Waals surface area (Å²) >= 11 is 0. The highest BCUT2D eigenvalue weighted by atomic mass is 16.7. The third-order valence-corrected chi connectivity index (χ3v) is 3.75. The molecule has 0 aromatic rings. The Labute approximate surface area is 98.9 Å². The molecule has 16 heavy (non-hydrogen) atoms. The monoisotopic (exact) mass is 227 g/mol. The van der Waals surface area contributed by atoms with Crippen LogP contribution in [0.3, 0.4) is 0 Å². The lowest BCUT2D eigenvalue weighted by molar-refractivity contribution is -0.253. The molecule has 0 unspecified atom stereocenters. The first-order valence-corrected chi connectivity index (χ1v) is 6.59. The van der Waals surface area contributed by atoms with Gasteiger partial charge in [0.2, 0.25) is 0 Å². The minimum absolute atomic E-state index is 0.381. The summed E-state index contributed by atoms with van der Waals surface area (Å²) in [5.74, 6) is 0.523. The van der Waals surface area contributed by atoms with Gasteiger partial charge >= 0.3 is 0 Å². The van der Waals surface area contributed by atoms with Crippen molar-refractivity contribution in [3.8, 4) is 0 Å². The van der Waals surface area contributed by atoms with Gasteiger partial charge in [-0.05, 0) is 45.4 Å². The van der Waals surface area contributed by atoms with Crippen LogP contribution in [0.1, 0.15) is 46.5 Å². The molecule has 0 bridgehead atoms. The average molecular weight is 227 g/mol. The minimum Gasteiger partial charge on any atom is -0.349 e. The number of rotatable bonds is 2. The molecule has 1 saturated carbocycles. The minimum atomic E-state index is -0.390. The van der Waals surface area contributed by atoms with Crippen molar-refractivity contribution in [2.45, 2.75) is 64.3 Å². The van der Waals surface area contributed by atoms with E-state index < -0.39 is 0 Å². The Kier molecular flexibility index (Phi) is 3.88. The first kappa shape index (κ1) is 12.3. The standard InChI is InChI=1S/C13H25NO2/c1-10-4-6-11(7-5-10)14-12-8-15-13(2,3)16-9-12/h10-12,14H,4-9H2,1-3H3. The summed E-state index contributed by atoms with van der Waals surface area (Å²) in [4.78, 5) is 0. The molecule has 0 atom stereocenters. The maximum atomic E-state index is 5.66. The second kappa shape index (κ2) is 5.03. The molecule has 1 aliphatic carbocycles. The van der Waals surface area contributed by atoms with Gasteiger partial charge in [-0.1, -0.05) is 6.92 Å². The van der Waals surface area contributed by atoms with Crippen molar-refractivity contribution in [1.29, 1.82) is 0 Å². The summed E-state index contributed by atoms with van der Waals surface area (Å²) in [5, 5.41) is 3.67. The number of hydrogen-bond acceptors (Lipinski definition) is 3. The molecule has 1 heterocycles. The van der Waals surface area contributed by atoms with Crippen LogP contribution in [0.4, 0.5) is 0 Å². The highest BCUT2D eigenvalue weighted by Crippen LogP contribution is 2.24. The molecule has 1 aliphatic heterocycles. The van der Waals surface area contributed by atoms with E-state index in [2.05, 4.69) is 12.2 Å². The van der Waals surface area contributed by atoms with E-state index in [0.29, 0.717) is 12.1 Å². The summed E-state index contributed by atoms with van der Waals surface area (Å²) in [6, 6.07) is 1.06. The molecule has 2 aliphatic rings. The molecule has 94 valence electrons. The maximum absolute atomic E-state index is 5.66. The van der Waals surface area contributed by atoms with Gasteiger partial charge in [0.1, 0.15) is 0 Å². The number of hydrogen-bond donors (Lipinski definition) is 1. The Morgan fingerprint density at radius 1 is 0.938 bits per heavy atom. The van der Waals surface area contributed by atoms with E-state index in [4.69, 9.17) is 9.47 Å². The molecule has 0 spiro atoms. The fraction of sp³-hybridized carbons (Fsp3) is 1.00. The lowest BCUT2D eigenvalue weighted by Crippen LogP contribution is -2.52. The molecule has 0 amide bonds. The van der Waals surface area contributed by atoms with Gasteiger partial charge in [-0.2, -0.15) is 0 Å². The third-order valence-electron chi connectivity index (χ3n) is 3.75. The largest absolute Gasteiger partial charge is 0.349 e. The van der Waals surface area contributed by atoms with Gasteiger partial charge in [-0.15, -0.1) is 0 Å². The van der Waals surface area contributed by atoms with Gasteiger partial charge in [0.05, 0.1) is 19.3 Å². The molecule has 2 fully saturated rings. The fourth-order valence-electron chi connectivity index (χ4n) is 2.55. The first-order chi connectivity index (χ1) is 7.55. The van der Waals surface area contributed by atoms with E-state index in [9.17, 15) is 0 Å². The van der Waals surface area contributed by atoms with Gasteiger partial charge in [0, 0.05) is 6.04 Å². The van der Waals surface area contributed by atoms with Crippen LogP contribution < -0.4 is 5.32 Å². The smallest absolute Gasteiger partial charge is 0.162 e. The quantitative estimate of drug-likeness (QED) is 0.785. The van der Waals surface area contributed by atoms with Crippen LogP contribution in [0.5, 0.6) is 0 Å². The van der Waals surface area contributed by atoms with Crippen molar-refractivity contribution in [2.24, 2.45) is 5.92 Å². The van der Waals surface area contributed by atoms with Crippen LogP contribution in [-0.2, 0) is 9.47 Å². The topological polar surface area (TPSA) is 30.5 Å². The molecule has 0 radical (unpaired) electrons. The van der Waals surface area contributed by atoms with Crippen molar-refractivity contribution in [1.82, 2.24) is 5.32 Å². The predicted octanol–water partition coefficient (Wildman–Crippen LogP) is 2.31. The van der Waals surface area contributed by atoms with E-state index in [-0.39, 0.29) is 5.79 Å². The zero-order valence-corrected chi connectivity index (χ0v) is 10.8. The summed E-state index contributed by atoms with van der Waals surface area (Å²) in [7, 11) is 0. The molecule has 1 N–H and O–H groups in total. The summed E-state index contributed by atoms with van der Waals surface area (Å²) < 4.78 is 11.3. The van der Waals surface area contributed by atoms with E-state index in [1.165, 1.54) is 25.7 Å². The molecule has 0 aromatic carbocycles. The van der Waals surface area contributed by atoms with Crippen LogP contribution in [0.15, 0.2) is 0 Å². The predicted molar refractivity (Wildman–Crippen MR) is 64.3 cm³/mol. The zero-order chi connectivity index (χ0) is 11.6. The van der Waals surface area contributed by atoms with Crippen molar-refractivity contribution in [2.75, 3.05) is 13.2 Å². The van der Waals surface area contributed by atoms with E-state index >= 15 is 0 Å². The van der Waals surface area contributed by atoms with E-state index in [0.717, 1.165) is 19.1 Å². The fourth-order valence-corrected chi connectivity index (χ4v) is 2.55. The SMILES string of the molecule is CC1CCC(NC2COC(C)(C)OC2)CC1. The van der Waals surface area contributed by atoms with Crippen molar-refractivity contribution >= 4 is 0 Å². The van der Waals surface area contributed by atoms with Crippen LogP contribution >= 0.6 is 0 Å². The highest BCUT2D eigenvalue weighted by molar-refractivity contribution is 4.81. The van der Waals surface area contributed by atoms with Gasteiger partial charge in [0.25, 0.3) is 0 Å². The van der Waals surface area contributed by atoms with Gasteiger partial charge < -0.3 is 14.8 Å². The lowest BCUT2D eigenvalue weighted by atomic mass is 9.87. The Morgan fingerprint density at radius 2 is 1.50 bits per heavy atom. The summed E-state index contributed by atoms with van der Waals surface area (Å²) in [5.41, 5.74) is 0. The second-order valence-electron chi connectivity index (χ2n) is 5.84. The number of ether oxygens (including phenoxy) is 2. The third kappa shape index (κ3) is 3.44. The Hall–Kier alpha value is -0.120. The lowest BCUT2D eigenvalue weighted by Gasteiger charge is -2.38. The van der Waals surface area contributed by atoms with Gasteiger partial charge in [-0.25, -0.2) is 0 Å². The van der Waals surface area contributed by atoms with Crippen LogP contribution in [0.2, 0.25) is 0 Å². The molecule has 0 aromatic heterocycles. The first-order valence-electron chi connectivity index (χ1n) is 6.59. The Morgan fingerprint density at radius 3 is 2.06 bits per heavy atom. The molecular formula is C13H25NO2. The van der Waals surface area contributed by atoms with Gasteiger partial charge in [-0.3, -0.25) is 0 Å². The van der Waals surface area contributed by atoms with Crippen molar-refractivity contribution < 1.29 is 9.47 Å².